The average Bonchev–Trinajstić information content (AvgIpc) is 2.75. The summed E-state index contributed by atoms with van der Waals surface area (Å²) in [6, 6.07) is 11.9. The summed E-state index contributed by atoms with van der Waals surface area (Å²) in [6.07, 6.45) is 4.82. The number of hydrogen-bond acceptors (Lipinski definition) is 4. The zero-order valence-corrected chi connectivity index (χ0v) is 11.4. The van der Waals surface area contributed by atoms with Gasteiger partial charge >= 0.3 is 0 Å². The van der Waals surface area contributed by atoms with Gasteiger partial charge in [-0.05, 0) is 25.0 Å². The summed E-state index contributed by atoms with van der Waals surface area (Å²) in [5.41, 5.74) is 1.29. The molecule has 2 aromatic rings. The van der Waals surface area contributed by atoms with Gasteiger partial charge in [0.15, 0.2) is 5.82 Å². The van der Waals surface area contributed by atoms with E-state index in [0.717, 1.165) is 37.4 Å². The molecule has 1 aliphatic rings. The minimum absolute atomic E-state index is 0.413. The lowest BCUT2D eigenvalue weighted by molar-refractivity contribution is 0.726. The van der Waals surface area contributed by atoms with Crippen molar-refractivity contribution in [3.8, 4) is 11.8 Å². The number of aromatic nitrogens is 3. The van der Waals surface area contributed by atoms with E-state index >= 15 is 0 Å². The summed E-state index contributed by atoms with van der Waals surface area (Å²) in [7, 11) is 0. The third kappa shape index (κ3) is 2.50. The molecule has 0 atom stereocenters. The number of nitrogens with zero attached hydrogens (tertiary/aromatic N) is 5. The van der Waals surface area contributed by atoms with Crippen LogP contribution in [0.2, 0.25) is 0 Å². The topological polar surface area (TPSA) is 57.7 Å². The molecular formula is C15H17N5. The molecule has 2 heterocycles. The normalized spacial score (nSPS) is 15.7. The van der Waals surface area contributed by atoms with E-state index in [1.807, 2.05) is 30.3 Å². The standard InChI is InChI=1S/C15H17N5/c16-12-14-15(19-10-6-1-2-7-11-19)18-20(17-14)13-8-4-3-5-9-13/h3-5,8-9H,1-2,6-7,10-11H2. The van der Waals surface area contributed by atoms with Crippen molar-refractivity contribution in [2.24, 2.45) is 0 Å². The number of nitriles is 1. The van der Waals surface area contributed by atoms with E-state index in [2.05, 4.69) is 21.2 Å². The maximum absolute atomic E-state index is 9.29. The molecular weight excluding hydrogens is 250 g/mol. The van der Waals surface area contributed by atoms with E-state index in [-0.39, 0.29) is 0 Å². The van der Waals surface area contributed by atoms with Crippen molar-refractivity contribution in [1.82, 2.24) is 15.0 Å². The van der Waals surface area contributed by atoms with E-state index in [9.17, 15) is 5.26 Å². The second kappa shape index (κ2) is 5.74. The van der Waals surface area contributed by atoms with Gasteiger partial charge in [-0.25, -0.2) is 0 Å². The lowest BCUT2D eigenvalue weighted by Crippen LogP contribution is -2.25. The number of anilines is 1. The molecule has 1 aliphatic heterocycles. The van der Waals surface area contributed by atoms with E-state index in [4.69, 9.17) is 0 Å². The zero-order chi connectivity index (χ0) is 13.8. The van der Waals surface area contributed by atoms with Crippen molar-refractivity contribution in [2.45, 2.75) is 25.7 Å². The van der Waals surface area contributed by atoms with Gasteiger partial charge in [0.25, 0.3) is 0 Å². The maximum Gasteiger partial charge on any atom is 0.207 e. The van der Waals surface area contributed by atoms with Crippen LogP contribution in [0.4, 0.5) is 5.82 Å². The number of para-hydroxylation sites is 1. The Kier molecular flexibility index (Phi) is 3.64. The Bertz CT molecular complexity index is 603. The summed E-state index contributed by atoms with van der Waals surface area (Å²) >= 11 is 0. The highest BCUT2D eigenvalue weighted by Crippen LogP contribution is 2.21. The van der Waals surface area contributed by atoms with Crippen molar-refractivity contribution in [2.75, 3.05) is 18.0 Å². The minimum atomic E-state index is 0.413. The molecule has 1 saturated heterocycles. The second-order valence-corrected chi connectivity index (χ2v) is 5.01. The van der Waals surface area contributed by atoms with Crippen LogP contribution in [-0.4, -0.2) is 28.1 Å². The summed E-state index contributed by atoms with van der Waals surface area (Å²) in [5.74, 6) is 0.721. The van der Waals surface area contributed by atoms with Gasteiger partial charge in [-0.2, -0.15) is 5.26 Å². The van der Waals surface area contributed by atoms with Crippen LogP contribution in [0.3, 0.4) is 0 Å². The van der Waals surface area contributed by atoms with E-state index < -0.39 is 0 Å². The van der Waals surface area contributed by atoms with Crippen molar-refractivity contribution in [3.05, 3.63) is 36.0 Å². The summed E-state index contributed by atoms with van der Waals surface area (Å²) in [6.45, 7) is 1.92. The zero-order valence-electron chi connectivity index (χ0n) is 11.4. The smallest absolute Gasteiger partial charge is 0.207 e. The fourth-order valence-corrected chi connectivity index (χ4v) is 2.54. The molecule has 1 fully saturated rings. The molecule has 0 spiro atoms. The van der Waals surface area contributed by atoms with E-state index in [1.165, 1.54) is 12.8 Å². The fourth-order valence-electron chi connectivity index (χ4n) is 2.54. The predicted molar refractivity (Wildman–Crippen MR) is 76.8 cm³/mol. The highest BCUT2D eigenvalue weighted by Gasteiger charge is 2.19. The maximum atomic E-state index is 9.29. The number of hydrogen-bond donors (Lipinski definition) is 0. The Labute approximate surface area is 118 Å². The van der Waals surface area contributed by atoms with Crippen LogP contribution >= 0.6 is 0 Å². The Morgan fingerprint density at radius 3 is 2.30 bits per heavy atom. The molecule has 102 valence electrons. The SMILES string of the molecule is N#Cc1nn(-c2ccccc2)nc1N1CCCCCC1. The van der Waals surface area contributed by atoms with Crippen LogP contribution in [-0.2, 0) is 0 Å². The molecule has 0 aliphatic carbocycles. The molecule has 0 bridgehead atoms. The van der Waals surface area contributed by atoms with Gasteiger partial charge in [-0.3, -0.25) is 0 Å². The predicted octanol–water partition coefficient (Wildman–Crippen LogP) is 2.52. The summed E-state index contributed by atoms with van der Waals surface area (Å²) in [4.78, 5) is 3.75. The quantitative estimate of drug-likeness (QED) is 0.839. The second-order valence-electron chi connectivity index (χ2n) is 5.01. The van der Waals surface area contributed by atoms with E-state index in [1.54, 1.807) is 4.80 Å². The number of benzene rings is 1. The van der Waals surface area contributed by atoms with Crippen LogP contribution < -0.4 is 4.90 Å². The van der Waals surface area contributed by atoms with Crippen LogP contribution in [0.25, 0.3) is 5.69 Å². The Hall–Kier alpha value is -2.35. The molecule has 5 heteroatoms. The molecule has 20 heavy (non-hydrogen) atoms. The van der Waals surface area contributed by atoms with E-state index in [0.29, 0.717) is 5.69 Å². The number of rotatable bonds is 2. The van der Waals surface area contributed by atoms with Gasteiger partial charge < -0.3 is 4.90 Å². The summed E-state index contributed by atoms with van der Waals surface area (Å²) in [5, 5.41) is 18.1. The van der Waals surface area contributed by atoms with Gasteiger partial charge in [0, 0.05) is 13.1 Å². The molecule has 1 aromatic heterocycles. The Morgan fingerprint density at radius 1 is 0.950 bits per heavy atom. The lowest BCUT2D eigenvalue weighted by Gasteiger charge is -2.18. The average molecular weight is 267 g/mol. The molecule has 0 unspecified atom stereocenters. The lowest BCUT2D eigenvalue weighted by atomic mass is 10.2. The van der Waals surface area contributed by atoms with Crippen molar-refractivity contribution in [1.29, 1.82) is 5.26 Å². The van der Waals surface area contributed by atoms with Crippen LogP contribution in [0, 0.1) is 11.3 Å². The first-order valence-electron chi connectivity index (χ1n) is 7.06. The first-order valence-corrected chi connectivity index (χ1v) is 7.06. The monoisotopic (exact) mass is 267 g/mol. The third-order valence-corrected chi connectivity index (χ3v) is 3.59. The first-order chi connectivity index (χ1) is 9.88. The molecule has 3 rings (SSSR count). The molecule has 1 aromatic carbocycles. The van der Waals surface area contributed by atoms with Crippen molar-refractivity contribution >= 4 is 5.82 Å². The van der Waals surface area contributed by atoms with Gasteiger partial charge in [0.1, 0.15) is 6.07 Å². The van der Waals surface area contributed by atoms with Gasteiger partial charge in [-0.1, -0.05) is 31.0 Å². The van der Waals surface area contributed by atoms with Crippen LogP contribution in [0.5, 0.6) is 0 Å². The minimum Gasteiger partial charge on any atom is -0.353 e. The van der Waals surface area contributed by atoms with Gasteiger partial charge in [0.2, 0.25) is 5.69 Å². The Morgan fingerprint density at radius 2 is 1.65 bits per heavy atom. The summed E-state index contributed by atoms with van der Waals surface area (Å²) < 4.78 is 0. The highest BCUT2D eigenvalue weighted by molar-refractivity contribution is 5.50. The molecule has 0 saturated carbocycles. The van der Waals surface area contributed by atoms with Crippen LogP contribution in [0.1, 0.15) is 31.4 Å². The third-order valence-electron chi connectivity index (χ3n) is 3.59. The molecule has 0 amide bonds. The largest absolute Gasteiger partial charge is 0.353 e. The Balaban J connectivity index is 1.95. The molecule has 0 N–H and O–H groups in total. The fraction of sp³-hybridized carbons (Fsp3) is 0.400. The van der Waals surface area contributed by atoms with Gasteiger partial charge in [0.05, 0.1) is 5.69 Å². The highest BCUT2D eigenvalue weighted by atomic mass is 15.5. The first kappa shape index (κ1) is 12.7. The molecule has 0 radical (unpaired) electrons. The van der Waals surface area contributed by atoms with Crippen molar-refractivity contribution < 1.29 is 0 Å². The van der Waals surface area contributed by atoms with Crippen LogP contribution in [0.15, 0.2) is 30.3 Å². The van der Waals surface area contributed by atoms with Crippen molar-refractivity contribution in [3.63, 3.8) is 0 Å². The molecule has 5 nitrogen and oxygen atoms in total. The van der Waals surface area contributed by atoms with Gasteiger partial charge in [-0.15, -0.1) is 15.0 Å².